The Bertz CT molecular complexity index is 1060. The highest BCUT2D eigenvalue weighted by atomic mass is 16.5. The van der Waals surface area contributed by atoms with Crippen LogP contribution in [-0.2, 0) is 12.8 Å². The van der Waals surface area contributed by atoms with Crippen molar-refractivity contribution in [1.82, 2.24) is 9.78 Å². The molecule has 2 aromatic carbocycles. The number of nitrogens with zero attached hydrogens (tertiary/aromatic N) is 2. The van der Waals surface area contributed by atoms with Gasteiger partial charge in [0.2, 0.25) is 0 Å². The van der Waals surface area contributed by atoms with Gasteiger partial charge in [-0.1, -0.05) is 32.0 Å². The summed E-state index contributed by atoms with van der Waals surface area (Å²) in [4.78, 5) is 13.1. The predicted octanol–water partition coefficient (Wildman–Crippen LogP) is 5.29. The zero-order valence-electron chi connectivity index (χ0n) is 17.2. The van der Waals surface area contributed by atoms with E-state index >= 15 is 0 Å². The minimum Gasteiger partial charge on any atom is -0.497 e. The molecule has 1 aliphatic rings. The number of ether oxygens (including phenoxy) is 1. The molecule has 4 heteroatoms. The minimum atomic E-state index is 0.108. The number of methoxy groups -OCH3 is 1. The molecule has 1 aromatic heterocycles. The molecular weight excluding hydrogens is 360 g/mol. The van der Waals surface area contributed by atoms with Crippen LogP contribution in [-0.4, -0.2) is 22.7 Å². The van der Waals surface area contributed by atoms with E-state index in [4.69, 9.17) is 9.84 Å². The van der Waals surface area contributed by atoms with Gasteiger partial charge in [-0.25, -0.2) is 4.68 Å². The van der Waals surface area contributed by atoms with Crippen molar-refractivity contribution in [3.63, 3.8) is 0 Å². The van der Waals surface area contributed by atoms with E-state index in [9.17, 15) is 4.79 Å². The van der Waals surface area contributed by atoms with E-state index < -0.39 is 0 Å². The Morgan fingerprint density at radius 1 is 1.14 bits per heavy atom. The van der Waals surface area contributed by atoms with Gasteiger partial charge in [-0.3, -0.25) is 4.79 Å². The fraction of sp³-hybridized carbons (Fsp3) is 0.280. The minimum absolute atomic E-state index is 0.108. The number of fused-ring (bicyclic) bond motifs is 1. The van der Waals surface area contributed by atoms with Gasteiger partial charge >= 0.3 is 0 Å². The zero-order valence-corrected chi connectivity index (χ0v) is 17.2. The summed E-state index contributed by atoms with van der Waals surface area (Å²) in [6.45, 7) is 4.38. The second-order valence-electron chi connectivity index (χ2n) is 7.93. The second kappa shape index (κ2) is 8.08. The molecule has 0 spiro atoms. The van der Waals surface area contributed by atoms with Gasteiger partial charge < -0.3 is 4.74 Å². The van der Waals surface area contributed by atoms with Crippen LogP contribution in [0.3, 0.4) is 0 Å². The van der Waals surface area contributed by atoms with Crippen molar-refractivity contribution in [2.75, 3.05) is 7.11 Å². The van der Waals surface area contributed by atoms with Gasteiger partial charge in [-0.2, -0.15) is 5.10 Å². The number of hydrogen-bond acceptors (Lipinski definition) is 3. The normalized spacial score (nSPS) is 15.0. The number of allylic oxidation sites excluding steroid dienone is 1. The third kappa shape index (κ3) is 4.02. The first-order chi connectivity index (χ1) is 14.0. The summed E-state index contributed by atoms with van der Waals surface area (Å²) in [5.41, 5.74) is 5.78. The second-order valence-corrected chi connectivity index (χ2v) is 7.93. The first-order valence-corrected chi connectivity index (χ1v) is 10.1. The lowest BCUT2D eigenvalue weighted by atomic mass is 9.85. The molecule has 4 nitrogen and oxygen atoms in total. The fourth-order valence-corrected chi connectivity index (χ4v) is 3.81. The van der Waals surface area contributed by atoms with E-state index in [2.05, 4.69) is 13.8 Å². The number of ketones is 1. The largest absolute Gasteiger partial charge is 0.497 e. The van der Waals surface area contributed by atoms with Crippen molar-refractivity contribution in [2.45, 2.75) is 33.1 Å². The Hall–Kier alpha value is -3.14. The maximum Gasteiger partial charge on any atom is 0.189 e. The average Bonchev–Trinajstić information content (AvgIpc) is 3.12. The number of Topliss-reactive ketones (excluding diaryl/α,β-unsaturated/α-hetero) is 1. The van der Waals surface area contributed by atoms with E-state index in [-0.39, 0.29) is 5.78 Å². The van der Waals surface area contributed by atoms with Crippen LogP contribution >= 0.6 is 0 Å². The molecule has 3 aromatic rings. The Labute approximate surface area is 171 Å². The van der Waals surface area contributed by atoms with Crippen molar-refractivity contribution in [2.24, 2.45) is 5.92 Å². The molecule has 0 saturated heterocycles. The Morgan fingerprint density at radius 3 is 2.66 bits per heavy atom. The molecule has 0 aliphatic heterocycles. The molecule has 148 valence electrons. The van der Waals surface area contributed by atoms with Crippen LogP contribution in [0.2, 0.25) is 0 Å². The summed E-state index contributed by atoms with van der Waals surface area (Å²) in [7, 11) is 1.65. The molecule has 0 bridgehead atoms. The van der Waals surface area contributed by atoms with Gasteiger partial charge in [0.25, 0.3) is 0 Å². The van der Waals surface area contributed by atoms with E-state index in [1.54, 1.807) is 7.11 Å². The summed E-state index contributed by atoms with van der Waals surface area (Å²) in [6, 6.07) is 15.8. The Morgan fingerprint density at radius 2 is 1.93 bits per heavy atom. The highest BCUT2D eigenvalue weighted by Crippen LogP contribution is 2.30. The van der Waals surface area contributed by atoms with Gasteiger partial charge in [-0.05, 0) is 67.2 Å². The average molecular weight is 386 g/mol. The summed E-state index contributed by atoms with van der Waals surface area (Å²) in [5.74, 6) is 1.39. The molecule has 4 rings (SSSR count). The van der Waals surface area contributed by atoms with Crippen LogP contribution in [0.25, 0.3) is 11.8 Å². The number of rotatable bonds is 5. The number of carbonyl (C=O) groups is 1. The van der Waals surface area contributed by atoms with Crippen molar-refractivity contribution in [1.29, 1.82) is 0 Å². The third-order valence-electron chi connectivity index (χ3n) is 5.29. The first kappa shape index (κ1) is 19.2. The van der Waals surface area contributed by atoms with Gasteiger partial charge in [0.1, 0.15) is 5.75 Å². The van der Waals surface area contributed by atoms with Crippen LogP contribution in [0.4, 0.5) is 0 Å². The van der Waals surface area contributed by atoms with Crippen LogP contribution in [0.5, 0.6) is 5.75 Å². The molecule has 0 amide bonds. The van der Waals surface area contributed by atoms with Crippen LogP contribution in [0.1, 0.15) is 47.4 Å². The molecule has 1 aliphatic carbocycles. The maximum atomic E-state index is 13.1. The molecule has 0 fully saturated rings. The number of hydrogen-bond donors (Lipinski definition) is 0. The fourth-order valence-electron chi connectivity index (χ4n) is 3.81. The lowest BCUT2D eigenvalue weighted by molar-refractivity contribution is 0.102. The first-order valence-electron chi connectivity index (χ1n) is 10.1. The van der Waals surface area contributed by atoms with E-state index in [0.717, 1.165) is 58.7 Å². The standard InChI is InChI=1S/C25H26N2O2/c1-17(2)13-24-20(16-27(26-24)21-7-5-4-6-8-21)14-19-10-9-18-15-22(29-3)11-12-23(18)25(19)28/h4-8,11-12,14-17H,9-10,13H2,1-3H3/b19-14+. The van der Waals surface area contributed by atoms with Crippen molar-refractivity contribution in [3.05, 3.63) is 82.7 Å². The van der Waals surface area contributed by atoms with Gasteiger partial charge in [0.15, 0.2) is 5.78 Å². The van der Waals surface area contributed by atoms with Crippen molar-refractivity contribution < 1.29 is 9.53 Å². The number of para-hydroxylation sites is 1. The van der Waals surface area contributed by atoms with Crippen molar-refractivity contribution >= 4 is 11.9 Å². The highest BCUT2D eigenvalue weighted by Gasteiger charge is 2.23. The molecule has 29 heavy (non-hydrogen) atoms. The summed E-state index contributed by atoms with van der Waals surface area (Å²) >= 11 is 0. The van der Waals surface area contributed by atoms with Crippen LogP contribution < -0.4 is 4.74 Å². The van der Waals surface area contributed by atoms with E-state index in [0.29, 0.717) is 5.92 Å². The smallest absolute Gasteiger partial charge is 0.189 e. The predicted molar refractivity (Wildman–Crippen MR) is 116 cm³/mol. The highest BCUT2D eigenvalue weighted by molar-refractivity contribution is 6.13. The number of aryl methyl sites for hydroxylation is 1. The molecule has 0 atom stereocenters. The van der Waals surface area contributed by atoms with Crippen LogP contribution in [0, 0.1) is 5.92 Å². The van der Waals surface area contributed by atoms with E-state index in [1.807, 2.05) is 65.5 Å². The topological polar surface area (TPSA) is 44.1 Å². The number of carbonyl (C=O) groups excluding carboxylic acids is 1. The lowest BCUT2D eigenvalue weighted by Gasteiger charge is -2.18. The summed E-state index contributed by atoms with van der Waals surface area (Å²) < 4.78 is 7.21. The Kier molecular flexibility index (Phi) is 5.34. The molecule has 0 N–H and O–H groups in total. The summed E-state index contributed by atoms with van der Waals surface area (Å²) in [5, 5.41) is 4.82. The zero-order chi connectivity index (χ0) is 20.4. The van der Waals surface area contributed by atoms with Crippen molar-refractivity contribution in [3.8, 4) is 11.4 Å². The quantitative estimate of drug-likeness (QED) is 0.560. The maximum absolute atomic E-state index is 13.1. The van der Waals surface area contributed by atoms with Gasteiger partial charge in [0, 0.05) is 22.9 Å². The third-order valence-corrected chi connectivity index (χ3v) is 5.29. The van der Waals surface area contributed by atoms with Gasteiger partial charge in [0.05, 0.1) is 18.5 Å². The molecular formula is C25H26N2O2. The van der Waals surface area contributed by atoms with Crippen LogP contribution in [0.15, 0.2) is 60.3 Å². The molecule has 0 saturated carbocycles. The lowest BCUT2D eigenvalue weighted by Crippen LogP contribution is -2.14. The molecule has 0 unspecified atom stereocenters. The SMILES string of the molecule is COc1ccc2c(c1)CC/C(=C\c1cn(-c3ccccc3)nc1CC(C)C)C2=O. The number of benzene rings is 2. The van der Waals surface area contributed by atoms with E-state index in [1.165, 1.54) is 0 Å². The van der Waals surface area contributed by atoms with Gasteiger partial charge in [-0.15, -0.1) is 0 Å². The number of aromatic nitrogens is 2. The molecule has 1 heterocycles. The monoisotopic (exact) mass is 386 g/mol. The Balaban J connectivity index is 1.71. The molecule has 0 radical (unpaired) electrons. The summed E-state index contributed by atoms with van der Waals surface area (Å²) in [6.07, 6.45) is 6.53.